The maximum absolute atomic E-state index is 12.2. The maximum atomic E-state index is 12.2. The molecule has 0 radical (unpaired) electrons. The first-order chi connectivity index (χ1) is 12.4. The monoisotopic (exact) mass is 383 g/mol. The molecule has 2 atom stereocenters. The lowest BCUT2D eigenvalue weighted by atomic mass is 10.1. The zero-order valence-corrected chi connectivity index (χ0v) is 16.3. The first kappa shape index (κ1) is 20.2. The van der Waals surface area contributed by atoms with Crippen LogP contribution in [0.15, 0.2) is 18.2 Å². The van der Waals surface area contributed by atoms with Crippen molar-refractivity contribution in [3.8, 4) is 11.5 Å². The van der Waals surface area contributed by atoms with Gasteiger partial charge in [0.25, 0.3) is 0 Å². The molecular formula is C18H25NO6S. The van der Waals surface area contributed by atoms with Crippen molar-refractivity contribution in [2.24, 2.45) is 0 Å². The van der Waals surface area contributed by atoms with Crippen molar-refractivity contribution in [1.82, 2.24) is 4.90 Å². The van der Waals surface area contributed by atoms with Crippen LogP contribution in [0.3, 0.4) is 0 Å². The number of esters is 1. The quantitative estimate of drug-likeness (QED) is 0.504. The first-order valence-electron chi connectivity index (χ1n) is 8.41. The smallest absolute Gasteiger partial charge is 0.412 e. The third kappa shape index (κ3) is 5.72. The van der Waals surface area contributed by atoms with Crippen LogP contribution < -0.4 is 9.47 Å². The molecule has 1 amide bonds. The standard InChI is InChI=1S/C18H25NO6S/c1-12(9-14-5-6-15-16(10-14)23-11-22-15)19(3)18(21)25-13(2)24-17(20)7-8-26-4/h5-6,10,12-13H,7-9,11H2,1-4H3. The van der Waals surface area contributed by atoms with Crippen molar-refractivity contribution in [3.63, 3.8) is 0 Å². The number of fused-ring (bicyclic) bond motifs is 1. The predicted octanol–water partition coefficient (Wildman–Crippen LogP) is 3.06. The molecule has 1 aliphatic heterocycles. The summed E-state index contributed by atoms with van der Waals surface area (Å²) in [6.07, 6.45) is 1.37. The molecule has 7 nitrogen and oxygen atoms in total. The third-order valence-electron chi connectivity index (χ3n) is 3.99. The van der Waals surface area contributed by atoms with Gasteiger partial charge in [-0.15, -0.1) is 0 Å². The van der Waals surface area contributed by atoms with Crippen LogP contribution in [0.25, 0.3) is 0 Å². The molecule has 0 bridgehead atoms. The van der Waals surface area contributed by atoms with Gasteiger partial charge >= 0.3 is 12.1 Å². The van der Waals surface area contributed by atoms with Crippen molar-refractivity contribution >= 4 is 23.8 Å². The van der Waals surface area contributed by atoms with Gasteiger partial charge in [0.05, 0.1) is 6.42 Å². The minimum absolute atomic E-state index is 0.109. The SMILES string of the molecule is CSCCC(=O)OC(C)OC(=O)N(C)C(C)Cc1ccc2c(c1)OCO2. The Balaban J connectivity index is 1.82. The highest BCUT2D eigenvalue weighted by Gasteiger charge is 2.22. The summed E-state index contributed by atoms with van der Waals surface area (Å²) in [6, 6.07) is 5.61. The Labute approximate surface area is 157 Å². The molecule has 0 saturated carbocycles. The summed E-state index contributed by atoms with van der Waals surface area (Å²) < 4.78 is 20.9. The van der Waals surface area contributed by atoms with Crippen molar-refractivity contribution in [2.45, 2.75) is 39.0 Å². The summed E-state index contributed by atoms with van der Waals surface area (Å²) in [5.41, 5.74) is 1.03. The second-order valence-corrected chi connectivity index (χ2v) is 7.02. The fraction of sp³-hybridized carbons (Fsp3) is 0.556. The Bertz CT molecular complexity index is 638. The molecule has 2 rings (SSSR count). The summed E-state index contributed by atoms with van der Waals surface area (Å²) in [5.74, 6) is 1.74. The third-order valence-corrected chi connectivity index (χ3v) is 4.60. The van der Waals surface area contributed by atoms with Gasteiger partial charge in [0.15, 0.2) is 11.5 Å². The number of hydrogen-bond acceptors (Lipinski definition) is 7. The zero-order valence-electron chi connectivity index (χ0n) is 15.5. The molecule has 0 N–H and O–H groups in total. The molecule has 0 saturated heterocycles. The topological polar surface area (TPSA) is 74.3 Å². The molecule has 0 aliphatic carbocycles. The number of carbonyl (C=O) groups excluding carboxylic acids is 2. The fourth-order valence-electron chi connectivity index (χ4n) is 2.40. The molecule has 0 spiro atoms. The number of thioether (sulfide) groups is 1. The van der Waals surface area contributed by atoms with Gasteiger partial charge in [0, 0.05) is 25.8 Å². The van der Waals surface area contributed by atoms with E-state index < -0.39 is 12.4 Å². The number of ether oxygens (including phenoxy) is 4. The van der Waals surface area contributed by atoms with Crippen LogP contribution in [0.1, 0.15) is 25.8 Å². The van der Waals surface area contributed by atoms with Crippen LogP contribution in [0.4, 0.5) is 4.79 Å². The van der Waals surface area contributed by atoms with Gasteiger partial charge in [0.2, 0.25) is 13.1 Å². The highest BCUT2D eigenvalue weighted by Crippen LogP contribution is 2.32. The minimum atomic E-state index is -0.919. The Kier molecular flexibility index (Phi) is 7.44. The first-order valence-corrected chi connectivity index (χ1v) is 9.80. The highest BCUT2D eigenvalue weighted by atomic mass is 32.2. The average molecular weight is 383 g/mol. The molecule has 26 heavy (non-hydrogen) atoms. The van der Waals surface area contributed by atoms with Crippen molar-refractivity contribution in [2.75, 3.05) is 25.8 Å². The average Bonchev–Trinajstić information content (AvgIpc) is 3.06. The molecule has 2 unspecified atom stereocenters. The van der Waals surface area contributed by atoms with Crippen LogP contribution in [0.5, 0.6) is 11.5 Å². The highest BCUT2D eigenvalue weighted by molar-refractivity contribution is 7.98. The molecule has 8 heteroatoms. The maximum Gasteiger partial charge on any atom is 0.412 e. The summed E-state index contributed by atoms with van der Waals surface area (Å²) in [7, 11) is 1.66. The van der Waals surface area contributed by atoms with E-state index in [1.807, 2.05) is 31.4 Å². The molecule has 1 aliphatic rings. The fourth-order valence-corrected chi connectivity index (χ4v) is 2.78. The van der Waals surface area contributed by atoms with Crippen LogP contribution in [0.2, 0.25) is 0 Å². The molecule has 144 valence electrons. The summed E-state index contributed by atoms with van der Waals surface area (Å²) >= 11 is 1.55. The Hall–Kier alpha value is -2.09. The van der Waals surface area contributed by atoms with Gasteiger partial charge in [-0.2, -0.15) is 11.8 Å². The lowest BCUT2D eigenvalue weighted by Crippen LogP contribution is -2.39. The molecule has 1 aromatic carbocycles. The molecule has 0 fully saturated rings. The number of benzene rings is 1. The van der Waals surface area contributed by atoms with E-state index in [1.54, 1.807) is 18.8 Å². The number of hydrogen-bond donors (Lipinski definition) is 0. The normalized spacial score (nSPS) is 14.5. The van der Waals surface area contributed by atoms with Gasteiger partial charge < -0.3 is 23.8 Å². The van der Waals surface area contributed by atoms with Crippen LogP contribution in [-0.2, 0) is 20.7 Å². The Morgan fingerprint density at radius 3 is 2.69 bits per heavy atom. The van der Waals surface area contributed by atoms with Crippen LogP contribution in [0, 0.1) is 0 Å². The van der Waals surface area contributed by atoms with E-state index in [2.05, 4.69) is 0 Å². The number of amides is 1. The summed E-state index contributed by atoms with van der Waals surface area (Å²) in [6.45, 7) is 3.68. The molecule has 0 aromatic heterocycles. The lowest BCUT2D eigenvalue weighted by molar-refractivity contribution is -0.165. The van der Waals surface area contributed by atoms with Gasteiger partial charge in [-0.1, -0.05) is 6.07 Å². The van der Waals surface area contributed by atoms with E-state index in [0.29, 0.717) is 24.3 Å². The second-order valence-electron chi connectivity index (χ2n) is 6.04. The number of carbonyl (C=O) groups is 2. The zero-order chi connectivity index (χ0) is 19.1. The Morgan fingerprint density at radius 1 is 1.23 bits per heavy atom. The second kappa shape index (κ2) is 9.56. The molecular weight excluding hydrogens is 358 g/mol. The minimum Gasteiger partial charge on any atom is -0.454 e. The van der Waals surface area contributed by atoms with Gasteiger partial charge in [-0.25, -0.2) is 4.79 Å². The lowest BCUT2D eigenvalue weighted by Gasteiger charge is -2.26. The van der Waals surface area contributed by atoms with E-state index in [1.165, 1.54) is 11.8 Å². The van der Waals surface area contributed by atoms with Crippen LogP contribution >= 0.6 is 11.8 Å². The number of nitrogens with zero attached hydrogens (tertiary/aromatic N) is 1. The largest absolute Gasteiger partial charge is 0.454 e. The van der Waals surface area contributed by atoms with E-state index >= 15 is 0 Å². The summed E-state index contributed by atoms with van der Waals surface area (Å²) in [5, 5.41) is 0. The van der Waals surface area contributed by atoms with Crippen LogP contribution in [-0.4, -0.2) is 55.1 Å². The van der Waals surface area contributed by atoms with E-state index in [4.69, 9.17) is 18.9 Å². The molecule has 1 heterocycles. The van der Waals surface area contributed by atoms with Gasteiger partial charge in [-0.05, 0) is 37.3 Å². The van der Waals surface area contributed by atoms with Crippen molar-refractivity contribution < 1.29 is 28.5 Å². The van der Waals surface area contributed by atoms with Gasteiger partial charge in [0.1, 0.15) is 0 Å². The van der Waals surface area contributed by atoms with Crippen molar-refractivity contribution in [3.05, 3.63) is 23.8 Å². The Morgan fingerprint density at radius 2 is 1.96 bits per heavy atom. The van der Waals surface area contributed by atoms with E-state index in [9.17, 15) is 9.59 Å². The van der Waals surface area contributed by atoms with E-state index in [-0.39, 0.29) is 18.8 Å². The van der Waals surface area contributed by atoms with Crippen molar-refractivity contribution in [1.29, 1.82) is 0 Å². The van der Waals surface area contributed by atoms with E-state index in [0.717, 1.165) is 11.3 Å². The number of rotatable bonds is 8. The summed E-state index contributed by atoms with van der Waals surface area (Å²) in [4.78, 5) is 25.3. The molecule has 1 aromatic rings. The number of likely N-dealkylation sites (N-methyl/N-ethyl adjacent to an activating group) is 1. The predicted molar refractivity (Wildman–Crippen MR) is 98.5 cm³/mol. The van der Waals surface area contributed by atoms with Gasteiger partial charge in [-0.3, -0.25) is 4.79 Å².